The van der Waals surface area contributed by atoms with Crippen molar-refractivity contribution in [2.24, 2.45) is 0 Å². The second-order valence-corrected chi connectivity index (χ2v) is 11.1. The fourth-order valence-electron chi connectivity index (χ4n) is 4.61. The molecule has 0 saturated heterocycles. The number of hydrogen-bond donors (Lipinski definition) is 1. The summed E-state index contributed by atoms with van der Waals surface area (Å²) in [5.74, 6) is 1.89. The van der Waals surface area contributed by atoms with E-state index in [2.05, 4.69) is 50.4 Å². The number of halogens is 1. The van der Waals surface area contributed by atoms with Gasteiger partial charge >= 0.3 is 6.09 Å². The lowest BCUT2D eigenvalue weighted by Crippen LogP contribution is -2.35. The van der Waals surface area contributed by atoms with Crippen LogP contribution in [-0.4, -0.2) is 38.3 Å². The van der Waals surface area contributed by atoms with Gasteiger partial charge in [0.1, 0.15) is 11.5 Å². The van der Waals surface area contributed by atoms with E-state index in [9.17, 15) is 4.79 Å². The summed E-state index contributed by atoms with van der Waals surface area (Å²) in [6, 6.07) is 17.8. The highest BCUT2D eigenvalue weighted by Gasteiger charge is 2.22. The summed E-state index contributed by atoms with van der Waals surface area (Å²) in [4.78, 5) is 15.3. The molecular formula is C31H37ClN2O4. The molecule has 1 amide bonds. The third kappa shape index (κ3) is 6.93. The number of fused-ring (bicyclic) bond motifs is 1. The van der Waals surface area contributed by atoms with Crippen molar-refractivity contribution in [3.05, 3.63) is 81.9 Å². The Labute approximate surface area is 230 Å². The molecule has 0 unspecified atom stereocenters. The van der Waals surface area contributed by atoms with Crippen LogP contribution in [0.5, 0.6) is 17.2 Å². The van der Waals surface area contributed by atoms with E-state index in [-0.39, 0.29) is 5.41 Å². The second-order valence-electron chi connectivity index (χ2n) is 10.7. The number of rotatable bonds is 8. The molecular weight excluding hydrogens is 500 g/mol. The van der Waals surface area contributed by atoms with E-state index in [1.54, 1.807) is 25.2 Å². The van der Waals surface area contributed by atoms with Gasteiger partial charge < -0.3 is 24.4 Å². The number of hydrogen-bond acceptors (Lipinski definition) is 5. The van der Waals surface area contributed by atoms with Crippen molar-refractivity contribution in [2.45, 2.75) is 52.0 Å². The van der Waals surface area contributed by atoms with Crippen molar-refractivity contribution in [1.82, 2.24) is 4.90 Å². The summed E-state index contributed by atoms with van der Waals surface area (Å²) in [5, 5.41) is 3.93. The molecule has 3 aromatic rings. The average Bonchev–Trinajstić information content (AvgIpc) is 2.90. The normalized spacial score (nSPS) is 12.8. The monoisotopic (exact) mass is 536 g/mol. The van der Waals surface area contributed by atoms with Crippen LogP contribution in [0.1, 0.15) is 49.4 Å². The molecule has 1 aliphatic heterocycles. The first kappa shape index (κ1) is 27.6. The van der Waals surface area contributed by atoms with E-state index in [0.29, 0.717) is 41.8 Å². The molecule has 7 heteroatoms. The van der Waals surface area contributed by atoms with Gasteiger partial charge in [-0.1, -0.05) is 56.6 Å². The number of nitrogens with one attached hydrogen (secondary N) is 1. The first-order valence-corrected chi connectivity index (χ1v) is 13.4. The Hall–Kier alpha value is -3.38. The van der Waals surface area contributed by atoms with Gasteiger partial charge in [-0.05, 0) is 65.1 Å². The molecule has 1 N–H and O–H groups in total. The fraction of sp³-hybridized carbons (Fsp3) is 0.387. The van der Waals surface area contributed by atoms with E-state index >= 15 is 0 Å². The maximum atomic E-state index is 13.6. The molecule has 0 spiro atoms. The lowest BCUT2D eigenvalue weighted by molar-refractivity contribution is 0.150. The number of amides is 1. The highest BCUT2D eigenvalue weighted by molar-refractivity contribution is 6.31. The SMILES string of the molecule is COc1cc(CCN(Cc2ccc(C(C)(C)C)cc2)C(=O)Oc2cc(Cl)cc3c2NCCC3)cc(OC)c1. The number of carbonyl (C=O) groups is 1. The molecule has 0 saturated carbocycles. The minimum Gasteiger partial charge on any atom is -0.497 e. The number of methoxy groups -OCH3 is 2. The van der Waals surface area contributed by atoms with Gasteiger partial charge in [-0.3, -0.25) is 0 Å². The van der Waals surface area contributed by atoms with Gasteiger partial charge in [0.25, 0.3) is 0 Å². The molecule has 0 fully saturated rings. The van der Waals surface area contributed by atoms with Crippen LogP contribution in [0.25, 0.3) is 0 Å². The van der Waals surface area contributed by atoms with E-state index in [0.717, 1.165) is 41.8 Å². The van der Waals surface area contributed by atoms with Gasteiger partial charge in [0.15, 0.2) is 5.75 Å². The van der Waals surface area contributed by atoms with Gasteiger partial charge in [0.2, 0.25) is 0 Å². The Kier molecular flexibility index (Phi) is 8.72. The largest absolute Gasteiger partial charge is 0.497 e. The number of benzene rings is 3. The Morgan fingerprint density at radius 1 is 0.974 bits per heavy atom. The Morgan fingerprint density at radius 3 is 2.29 bits per heavy atom. The van der Waals surface area contributed by atoms with Crippen LogP contribution in [0.2, 0.25) is 5.02 Å². The second kappa shape index (κ2) is 12.0. The van der Waals surface area contributed by atoms with E-state index in [4.69, 9.17) is 25.8 Å². The smallest absolute Gasteiger partial charge is 0.415 e. The zero-order valence-electron chi connectivity index (χ0n) is 22.9. The van der Waals surface area contributed by atoms with Crippen LogP contribution in [-0.2, 0) is 24.8 Å². The van der Waals surface area contributed by atoms with Crippen molar-refractivity contribution in [1.29, 1.82) is 0 Å². The van der Waals surface area contributed by atoms with Crippen LogP contribution in [0, 0.1) is 0 Å². The molecule has 38 heavy (non-hydrogen) atoms. The Morgan fingerprint density at radius 2 is 1.66 bits per heavy atom. The van der Waals surface area contributed by atoms with E-state index in [1.807, 2.05) is 24.3 Å². The molecule has 0 aromatic heterocycles. The van der Waals surface area contributed by atoms with Gasteiger partial charge in [0.05, 0.1) is 19.9 Å². The summed E-state index contributed by atoms with van der Waals surface area (Å²) in [6.07, 6.45) is 2.10. The first-order valence-electron chi connectivity index (χ1n) is 13.0. The molecule has 1 aliphatic rings. The highest BCUT2D eigenvalue weighted by Crippen LogP contribution is 2.36. The van der Waals surface area contributed by atoms with Gasteiger partial charge in [-0.2, -0.15) is 0 Å². The molecule has 6 nitrogen and oxygen atoms in total. The summed E-state index contributed by atoms with van der Waals surface area (Å²) in [5.41, 5.74) is 5.26. The number of anilines is 1. The van der Waals surface area contributed by atoms with Crippen molar-refractivity contribution in [3.63, 3.8) is 0 Å². The molecule has 4 rings (SSSR count). The first-order chi connectivity index (χ1) is 18.2. The molecule has 3 aromatic carbocycles. The predicted molar refractivity (Wildman–Crippen MR) is 153 cm³/mol. The van der Waals surface area contributed by atoms with Crippen molar-refractivity contribution >= 4 is 23.4 Å². The number of aryl methyl sites for hydroxylation is 1. The van der Waals surface area contributed by atoms with E-state index < -0.39 is 6.09 Å². The van der Waals surface area contributed by atoms with Crippen LogP contribution in [0.3, 0.4) is 0 Å². The zero-order valence-corrected chi connectivity index (χ0v) is 23.7. The number of ether oxygens (including phenoxy) is 3. The maximum absolute atomic E-state index is 13.6. The number of nitrogens with zero attached hydrogens (tertiary/aromatic N) is 1. The van der Waals surface area contributed by atoms with Crippen LogP contribution < -0.4 is 19.5 Å². The lowest BCUT2D eigenvalue weighted by Gasteiger charge is -2.26. The summed E-state index contributed by atoms with van der Waals surface area (Å²) < 4.78 is 16.8. The van der Waals surface area contributed by atoms with Crippen molar-refractivity contribution in [2.75, 3.05) is 32.6 Å². The molecule has 202 valence electrons. The Balaban J connectivity index is 1.58. The minimum absolute atomic E-state index is 0.0568. The standard InChI is InChI=1S/C31H37ClN2O4/c1-31(2,3)24-10-8-21(9-11-24)20-34(14-12-22-15-26(36-4)19-27(16-22)37-5)30(35)38-28-18-25(32)17-23-7-6-13-33-29(23)28/h8-11,15-19,33H,6-7,12-14,20H2,1-5H3. The lowest BCUT2D eigenvalue weighted by atomic mass is 9.87. The fourth-order valence-corrected chi connectivity index (χ4v) is 4.84. The quantitative estimate of drug-likeness (QED) is 0.328. The molecule has 0 aliphatic carbocycles. The van der Waals surface area contributed by atoms with Gasteiger partial charge in [-0.15, -0.1) is 0 Å². The predicted octanol–water partition coefficient (Wildman–Crippen LogP) is 7.26. The highest BCUT2D eigenvalue weighted by atomic mass is 35.5. The van der Waals surface area contributed by atoms with Crippen molar-refractivity contribution < 1.29 is 19.0 Å². The number of carbonyl (C=O) groups excluding carboxylic acids is 1. The third-order valence-electron chi connectivity index (χ3n) is 6.80. The zero-order chi connectivity index (χ0) is 27.3. The topological polar surface area (TPSA) is 60.0 Å². The average molecular weight is 537 g/mol. The van der Waals surface area contributed by atoms with Crippen molar-refractivity contribution in [3.8, 4) is 17.2 Å². The van der Waals surface area contributed by atoms with E-state index in [1.165, 1.54) is 5.56 Å². The summed E-state index contributed by atoms with van der Waals surface area (Å²) in [7, 11) is 3.26. The molecule has 0 bridgehead atoms. The summed E-state index contributed by atoms with van der Waals surface area (Å²) in [6.45, 7) is 8.27. The van der Waals surface area contributed by atoms with Gasteiger partial charge in [0, 0.05) is 36.8 Å². The minimum atomic E-state index is -0.420. The van der Waals surface area contributed by atoms with Crippen LogP contribution in [0.4, 0.5) is 10.5 Å². The summed E-state index contributed by atoms with van der Waals surface area (Å²) >= 11 is 6.37. The maximum Gasteiger partial charge on any atom is 0.415 e. The van der Waals surface area contributed by atoms with Gasteiger partial charge in [-0.25, -0.2) is 4.79 Å². The molecule has 0 radical (unpaired) electrons. The third-order valence-corrected chi connectivity index (χ3v) is 7.02. The Bertz CT molecular complexity index is 1250. The van der Waals surface area contributed by atoms with Crippen LogP contribution in [0.15, 0.2) is 54.6 Å². The van der Waals surface area contributed by atoms with Crippen LogP contribution >= 0.6 is 11.6 Å². The molecule has 0 atom stereocenters. The molecule has 1 heterocycles.